The van der Waals surface area contributed by atoms with Crippen molar-refractivity contribution in [3.8, 4) is 11.5 Å². The molecule has 2 aromatic carbocycles. The van der Waals surface area contributed by atoms with Crippen LogP contribution < -0.4 is 14.8 Å². The molecule has 5 rings (SSSR count). The van der Waals surface area contributed by atoms with Crippen molar-refractivity contribution in [3.05, 3.63) is 58.2 Å². The summed E-state index contributed by atoms with van der Waals surface area (Å²) in [4.78, 5) is 32.4. The zero-order valence-electron chi connectivity index (χ0n) is 24.7. The number of aromatic nitrogens is 1. The molecule has 2 aliphatic heterocycles. The summed E-state index contributed by atoms with van der Waals surface area (Å²) in [5.74, 6) is 2.43. The van der Waals surface area contributed by atoms with Crippen LogP contribution in [-0.2, 0) is 17.9 Å². The lowest BCUT2D eigenvalue weighted by Gasteiger charge is -2.44. The van der Waals surface area contributed by atoms with E-state index in [1.165, 1.54) is 6.42 Å². The highest BCUT2D eigenvalue weighted by molar-refractivity contribution is 9.10. The van der Waals surface area contributed by atoms with Gasteiger partial charge in [-0.2, -0.15) is 0 Å². The number of nitrogens with one attached hydrogen (secondary N) is 1. The zero-order chi connectivity index (χ0) is 29.3. The number of fused-ring (bicyclic) bond motifs is 3. The number of amides is 2. The van der Waals surface area contributed by atoms with Crippen molar-refractivity contribution in [2.24, 2.45) is 11.8 Å². The van der Waals surface area contributed by atoms with Crippen molar-refractivity contribution in [2.75, 3.05) is 40.4 Å². The number of benzene rings is 2. The van der Waals surface area contributed by atoms with E-state index in [1.54, 1.807) is 19.1 Å². The summed E-state index contributed by atoms with van der Waals surface area (Å²) in [5, 5.41) is 4.12. The molecule has 0 radical (unpaired) electrons. The third kappa shape index (κ3) is 5.97. The number of carbonyl (C=O) groups is 2. The van der Waals surface area contributed by atoms with Crippen LogP contribution in [0.1, 0.15) is 49.7 Å². The standard InChI is InChI=1S/C32H41BrN4O4/c1-21-13-22(2)18-35(17-21)12-6-11-34-31(39)32(3)20-36-27-16-26(40-4)9-7-23(27)15-28(36)30(38)37(32)19-24-14-25(33)8-10-29(24)41-5/h7-10,14-16,21-22H,6,11-13,17-20H2,1-5H3,(H,34,39)/t21-,22-,32+/m0/s1. The second-order valence-corrected chi connectivity index (χ2v) is 12.9. The number of likely N-dealkylation sites (tertiary alicyclic amines) is 1. The Morgan fingerprint density at radius 2 is 1.83 bits per heavy atom. The predicted octanol–water partition coefficient (Wildman–Crippen LogP) is 5.32. The van der Waals surface area contributed by atoms with E-state index < -0.39 is 5.54 Å². The van der Waals surface area contributed by atoms with Crippen LogP contribution in [0.5, 0.6) is 11.5 Å². The number of carbonyl (C=O) groups excluding carboxylic acids is 2. The second-order valence-electron chi connectivity index (χ2n) is 12.0. The molecule has 9 heteroatoms. The minimum Gasteiger partial charge on any atom is -0.497 e. The third-order valence-corrected chi connectivity index (χ3v) is 9.07. The molecule has 41 heavy (non-hydrogen) atoms. The van der Waals surface area contributed by atoms with Gasteiger partial charge in [0.1, 0.15) is 22.7 Å². The number of halogens is 1. The lowest BCUT2D eigenvalue weighted by molar-refractivity contribution is -0.133. The number of nitrogens with zero attached hydrogens (tertiary/aromatic N) is 3. The van der Waals surface area contributed by atoms with Gasteiger partial charge in [-0.15, -0.1) is 0 Å². The fourth-order valence-corrected chi connectivity index (χ4v) is 7.02. The molecule has 1 fully saturated rings. The molecule has 220 valence electrons. The van der Waals surface area contributed by atoms with Crippen LogP contribution in [0.25, 0.3) is 10.9 Å². The smallest absolute Gasteiger partial charge is 0.271 e. The molecule has 2 amide bonds. The molecule has 0 unspecified atom stereocenters. The molecule has 1 aromatic heterocycles. The number of ether oxygens (including phenoxy) is 2. The fourth-order valence-electron chi connectivity index (χ4n) is 6.62. The highest BCUT2D eigenvalue weighted by atomic mass is 79.9. The van der Waals surface area contributed by atoms with Crippen LogP contribution in [0, 0.1) is 11.8 Å². The van der Waals surface area contributed by atoms with E-state index >= 15 is 0 Å². The fraction of sp³-hybridized carbons (Fsp3) is 0.500. The molecular weight excluding hydrogens is 584 g/mol. The Balaban J connectivity index is 1.42. The summed E-state index contributed by atoms with van der Waals surface area (Å²) >= 11 is 3.55. The first-order valence-corrected chi connectivity index (χ1v) is 15.2. The average molecular weight is 626 g/mol. The molecule has 1 N–H and O–H groups in total. The number of hydrogen-bond acceptors (Lipinski definition) is 5. The molecule has 3 heterocycles. The van der Waals surface area contributed by atoms with Crippen LogP contribution in [0.3, 0.4) is 0 Å². The van der Waals surface area contributed by atoms with Gasteiger partial charge in [0.05, 0.1) is 32.8 Å². The largest absolute Gasteiger partial charge is 0.497 e. The monoisotopic (exact) mass is 624 g/mol. The van der Waals surface area contributed by atoms with Crippen molar-refractivity contribution in [1.82, 2.24) is 19.7 Å². The van der Waals surface area contributed by atoms with Gasteiger partial charge in [0.15, 0.2) is 0 Å². The minimum atomic E-state index is -1.12. The van der Waals surface area contributed by atoms with E-state index in [1.807, 2.05) is 54.0 Å². The molecule has 8 nitrogen and oxygen atoms in total. The molecule has 0 saturated carbocycles. The van der Waals surface area contributed by atoms with Gasteiger partial charge in [-0.05, 0) is 74.5 Å². The van der Waals surface area contributed by atoms with E-state index in [4.69, 9.17) is 9.47 Å². The quantitative estimate of drug-likeness (QED) is 0.326. The molecule has 3 aromatic rings. The summed E-state index contributed by atoms with van der Waals surface area (Å²) in [6.45, 7) is 10.8. The average Bonchev–Trinajstić information content (AvgIpc) is 3.30. The highest BCUT2D eigenvalue weighted by Gasteiger charge is 2.48. The van der Waals surface area contributed by atoms with Crippen LogP contribution >= 0.6 is 15.9 Å². The van der Waals surface area contributed by atoms with Gasteiger partial charge in [0.25, 0.3) is 5.91 Å². The molecule has 0 bridgehead atoms. The van der Waals surface area contributed by atoms with Crippen molar-refractivity contribution in [1.29, 1.82) is 0 Å². The maximum atomic E-state index is 14.2. The Bertz CT molecular complexity index is 1430. The summed E-state index contributed by atoms with van der Waals surface area (Å²) in [6.07, 6.45) is 2.14. The van der Waals surface area contributed by atoms with Gasteiger partial charge in [-0.1, -0.05) is 29.8 Å². The first-order chi connectivity index (χ1) is 19.6. The first kappa shape index (κ1) is 29.5. The van der Waals surface area contributed by atoms with Gasteiger partial charge in [0.2, 0.25) is 5.91 Å². The highest BCUT2D eigenvalue weighted by Crippen LogP contribution is 2.36. The van der Waals surface area contributed by atoms with Gasteiger partial charge < -0.3 is 29.2 Å². The second kappa shape index (κ2) is 12.1. The summed E-state index contributed by atoms with van der Waals surface area (Å²) in [7, 11) is 3.24. The van der Waals surface area contributed by atoms with Gasteiger partial charge in [-0.3, -0.25) is 9.59 Å². The number of hydrogen-bond donors (Lipinski definition) is 1. The number of methoxy groups -OCH3 is 2. The first-order valence-electron chi connectivity index (χ1n) is 14.4. The Kier molecular flexibility index (Phi) is 8.66. The molecule has 1 saturated heterocycles. The van der Waals surface area contributed by atoms with Crippen LogP contribution in [0.4, 0.5) is 0 Å². The summed E-state index contributed by atoms with van der Waals surface area (Å²) in [6, 6.07) is 13.4. The molecule has 2 aliphatic rings. The van der Waals surface area contributed by atoms with Gasteiger partial charge in [0, 0.05) is 41.1 Å². The van der Waals surface area contributed by atoms with E-state index in [2.05, 4.69) is 40.0 Å². The lowest BCUT2D eigenvalue weighted by Crippen LogP contribution is -2.63. The van der Waals surface area contributed by atoms with Crippen molar-refractivity contribution in [3.63, 3.8) is 0 Å². The molecule has 3 atom stereocenters. The molecular formula is C32H41BrN4O4. The Labute approximate surface area is 251 Å². The van der Waals surface area contributed by atoms with Crippen molar-refractivity contribution < 1.29 is 19.1 Å². The summed E-state index contributed by atoms with van der Waals surface area (Å²) < 4.78 is 13.9. The van der Waals surface area contributed by atoms with E-state index in [9.17, 15) is 9.59 Å². The van der Waals surface area contributed by atoms with Gasteiger partial charge >= 0.3 is 0 Å². The SMILES string of the molecule is COc1ccc2cc3n(c2c1)C[C@](C)(C(=O)NCCCN1C[C@@H](C)C[C@H](C)C1)N(Cc1cc(Br)ccc1OC)C3=O. The van der Waals surface area contributed by atoms with Gasteiger partial charge in [-0.25, -0.2) is 0 Å². The van der Waals surface area contributed by atoms with Crippen LogP contribution in [0.15, 0.2) is 46.9 Å². The van der Waals surface area contributed by atoms with E-state index in [0.29, 0.717) is 42.1 Å². The number of piperidine rings is 1. The van der Waals surface area contributed by atoms with Crippen molar-refractivity contribution in [2.45, 2.75) is 52.2 Å². The predicted molar refractivity (Wildman–Crippen MR) is 164 cm³/mol. The van der Waals surface area contributed by atoms with E-state index in [0.717, 1.165) is 47.0 Å². The minimum absolute atomic E-state index is 0.157. The third-order valence-electron chi connectivity index (χ3n) is 8.58. The normalized spacial score (nSPS) is 23.0. The Hall–Kier alpha value is -3.04. The molecule has 0 spiro atoms. The molecule has 0 aliphatic carbocycles. The van der Waals surface area contributed by atoms with Crippen LogP contribution in [-0.4, -0.2) is 72.1 Å². The summed E-state index contributed by atoms with van der Waals surface area (Å²) in [5.41, 5.74) is 1.13. The lowest BCUT2D eigenvalue weighted by atomic mass is 9.92. The Morgan fingerprint density at radius 1 is 1.07 bits per heavy atom. The van der Waals surface area contributed by atoms with Crippen molar-refractivity contribution >= 4 is 38.6 Å². The van der Waals surface area contributed by atoms with E-state index in [-0.39, 0.29) is 18.4 Å². The zero-order valence-corrected chi connectivity index (χ0v) is 26.3. The topological polar surface area (TPSA) is 76.0 Å². The Morgan fingerprint density at radius 3 is 2.54 bits per heavy atom. The maximum Gasteiger partial charge on any atom is 0.271 e. The van der Waals surface area contributed by atoms with Crippen LogP contribution in [0.2, 0.25) is 0 Å². The maximum absolute atomic E-state index is 14.2. The number of rotatable bonds is 9.